The number of amides is 1. The average molecular weight is 288 g/mol. The van der Waals surface area contributed by atoms with Crippen LogP contribution in [0.2, 0.25) is 0 Å². The Morgan fingerprint density at radius 1 is 1.15 bits per heavy atom. The zero-order chi connectivity index (χ0) is 14.5. The van der Waals surface area contributed by atoms with E-state index in [1.165, 1.54) is 12.1 Å². The van der Waals surface area contributed by atoms with Crippen LogP contribution in [0.15, 0.2) is 48.5 Å². The fraction of sp³-hybridized carbons (Fsp3) is 0.0667. The molecule has 0 heterocycles. The lowest BCUT2D eigenvalue weighted by molar-refractivity contribution is -0.115. The molecule has 0 saturated heterocycles. The molecule has 0 aliphatic heterocycles. The molecule has 2 rings (SSSR count). The monoisotopic (exact) mass is 288 g/mol. The van der Waals surface area contributed by atoms with Crippen molar-refractivity contribution >= 4 is 28.8 Å². The number of benzene rings is 2. The van der Waals surface area contributed by atoms with Crippen molar-refractivity contribution in [2.45, 2.75) is 6.42 Å². The van der Waals surface area contributed by atoms with E-state index in [1.54, 1.807) is 36.4 Å². The zero-order valence-electron chi connectivity index (χ0n) is 10.6. The summed E-state index contributed by atoms with van der Waals surface area (Å²) in [6.45, 7) is 0. The average Bonchev–Trinajstić information content (AvgIpc) is 2.41. The molecule has 1 amide bonds. The highest BCUT2D eigenvalue weighted by Gasteiger charge is 2.09. The van der Waals surface area contributed by atoms with E-state index >= 15 is 0 Å². The molecule has 3 nitrogen and oxygen atoms in total. The minimum absolute atomic E-state index is 0.159. The van der Waals surface area contributed by atoms with Gasteiger partial charge in [-0.3, -0.25) is 4.79 Å². The first kappa shape index (κ1) is 14.1. The second-order valence-corrected chi connectivity index (χ2v) is 4.70. The summed E-state index contributed by atoms with van der Waals surface area (Å²) in [5.41, 5.74) is 7.53. The van der Waals surface area contributed by atoms with Crippen LogP contribution < -0.4 is 11.1 Å². The van der Waals surface area contributed by atoms with Crippen LogP contribution in [0, 0.1) is 5.82 Å². The molecule has 0 aromatic heterocycles. The van der Waals surface area contributed by atoms with E-state index in [1.807, 2.05) is 0 Å². The van der Waals surface area contributed by atoms with Crippen molar-refractivity contribution in [1.29, 1.82) is 0 Å². The van der Waals surface area contributed by atoms with Crippen LogP contribution in [-0.4, -0.2) is 10.9 Å². The van der Waals surface area contributed by atoms with Crippen LogP contribution in [0.25, 0.3) is 0 Å². The smallest absolute Gasteiger partial charge is 0.228 e. The van der Waals surface area contributed by atoms with E-state index in [0.29, 0.717) is 11.3 Å². The third kappa shape index (κ3) is 3.61. The zero-order valence-corrected chi connectivity index (χ0v) is 11.4. The van der Waals surface area contributed by atoms with Gasteiger partial charge in [0.2, 0.25) is 5.91 Å². The fourth-order valence-corrected chi connectivity index (χ4v) is 1.97. The Morgan fingerprint density at radius 3 is 2.45 bits per heavy atom. The molecular weight excluding hydrogens is 275 g/mol. The number of para-hydroxylation sites is 1. The third-order valence-electron chi connectivity index (χ3n) is 2.74. The number of thiocarbonyl (C=S) groups is 1. The molecule has 3 N–H and O–H groups in total. The number of halogens is 1. The van der Waals surface area contributed by atoms with Gasteiger partial charge in [-0.25, -0.2) is 4.39 Å². The number of carbonyl (C=O) groups is 1. The predicted molar refractivity (Wildman–Crippen MR) is 81.1 cm³/mol. The van der Waals surface area contributed by atoms with Gasteiger partial charge in [0.25, 0.3) is 0 Å². The van der Waals surface area contributed by atoms with Crippen LogP contribution in [-0.2, 0) is 11.2 Å². The van der Waals surface area contributed by atoms with Gasteiger partial charge in [0, 0.05) is 5.56 Å². The number of rotatable bonds is 4. The number of anilines is 1. The minimum atomic E-state index is -0.326. The first-order chi connectivity index (χ1) is 9.56. The van der Waals surface area contributed by atoms with Crippen LogP contribution in [0.3, 0.4) is 0 Å². The Balaban J connectivity index is 2.08. The van der Waals surface area contributed by atoms with E-state index < -0.39 is 0 Å². The Morgan fingerprint density at radius 2 is 1.80 bits per heavy atom. The van der Waals surface area contributed by atoms with Gasteiger partial charge in [-0.2, -0.15) is 0 Å². The van der Waals surface area contributed by atoms with Crippen molar-refractivity contribution in [3.8, 4) is 0 Å². The minimum Gasteiger partial charge on any atom is -0.389 e. The number of hydrogen-bond acceptors (Lipinski definition) is 2. The van der Waals surface area contributed by atoms with Crippen molar-refractivity contribution in [2.24, 2.45) is 5.73 Å². The topological polar surface area (TPSA) is 55.1 Å². The van der Waals surface area contributed by atoms with Gasteiger partial charge in [-0.1, -0.05) is 36.5 Å². The van der Waals surface area contributed by atoms with Crippen molar-refractivity contribution in [3.63, 3.8) is 0 Å². The molecule has 102 valence electrons. The van der Waals surface area contributed by atoms with Gasteiger partial charge >= 0.3 is 0 Å². The molecule has 5 heteroatoms. The van der Waals surface area contributed by atoms with E-state index in [2.05, 4.69) is 5.32 Å². The lowest BCUT2D eigenvalue weighted by atomic mass is 10.1. The van der Waals surface area contributed by atoms with Crippen LogP contribution in [0.1, 0.15) is 11.1 Å². The fourth-order valence-electron chi connectivity index (χ4n) is 1.79. The maximum Gasteiger partial charge on any atom is 0.228 e. The number of nitrogens with one attached hydrogen (secondary N) is 1. The third-order valence-corrected chi connectivity index (χ3v) is 2.96. The summed E-state index contributed by atoms with van der Waals surface area (Å²) in [5.74, 6) is -0.534. The second-order valence-electron chi connectivity index (χ2n) is 4.26. The molecule has 0 spiro atoms. The van der Waals surface area contributed by atoms with Crippen LogP contribution in [0.4, 0.5) is 10.1 Å². The number of carbonyl (C=O) groups excluding carboxylic acids is 1. The van der Waals surface area contributed by atoms with Crippen LogP contribution >= 0.6 is 12.2 Å². The molecule has 0 saturated carbocycles. The molecule has 0 atom stereocenters. The van der Waals surface area contributed by atoms with Gasteiger partial charge in [0.15, 0.2) is 0 Å². The molecule has 2 aromatic rings. The van der Waals surface area contributed by atoms with Gasteiger partial charge in [0.1, 0.15) is 10.8 Å². The van der Waals surface area contributed by atoms with E-state index in [4.69, 9.17) is 18.0 Å². The standard InChI is InChI=1S/C15H13FN2OS/c16-11-7-5-10(6-8-11)9-14(19)18-13-4-2-1-3-12(13)15(17)20/h1-8H,9H2,(H2,17,20)(H,18,19). The summed E-state index contributed by atoms with van der Waals surface area (Å²) < 4.78 is 12.8. The van der Waals surface area contributed by atoms with Gasteiger partial charge in [-0.05, 0) is 29.8 Å². The molecular formula is C15H13FN2OS. The predicted octanol–water partition coefficient (Wildman–Crippen LogP) is 2.64. The summed E-state index contributed by atoms with van der Waals surface area (Å²) in [6, 6.07) is 12.9. The van der Waals surface area contributed by atoms with Crippen molar-refractivity contribution in [1.82, 2.24) is 0 Å². The first-order valence-corrected chi connectivity index (χ1v) is 6.40. The van der Waals surface area contributed by atoms with E-state index in [0.717, 1.165) is 5.56 Å². The Hall–Kier alpha value is -2.27. The van der Waals surface area contributed by atoms with Gasteiger partial charge in [0.05, 0.1) is 12.1 Å². The Labute approximate surface area is 121 Å². The molecule has 0 aliphatic carbocycles. The Kier molecular flexibility index (Phi) is 4.42. The number of hydrogen-bond donors (Lipinski definition) is 2. The lowest BCUT2D eigenvalue weighted by Crippen LogP contribution is -2.18. The first-order valence-electron chi connectivity index (χ1n) is 5.99. The summed E-state index contributed by atoms with van der Waals surface area (Å²) in [6.07, 6.45) is 0.159. The highest BCUT2D eigenvalue weighted by Crippen LogP contribution is 2.15. The molecule has 20 heavy (non-hydrogen) atoms. The van der Waals surface area contributed by atoms with Crippen LogP contribution in [0.5, 0.6) is 0 Å². The largest absolute Gasteiger partial charge is 0.389 e. The number of nitrogens with two attached hydrogens (primary N) is 1. The van der Waals surface area contributed by atoms with E-state index in [-0.39, 0.29) is 23.1 Å². The summed E-state index contributed by atoms with van der Waals surface area (Å²) in [7, 11) is 0. The van der Waals surface area contributed by atoms with Gasteiger partial charge < -0.3 is 11.1 Å². The van der Waals surface area contributed by atoms with Crippen molar-refractivity contribution < 1.29 is 9.18 Å². The molecule has 0 radical (unpaired) electrons. The maximum atomic E-state index is 12.8. The SMILES string of the molecule is NC(=S)c1ccccc1NC(=O)Cc1ccc(F)cc1. The van der Waals surface area contributed by atoms with E-state index in [9.17, 15) is 9.18 Å². The second kappa shape index (κ2) is 6.25. The highest BCUT2D eigenvalue weighted by molar-refractivity contribution is 7.80. The Bertz CT molecular complexity index is 641. The maximum absolute atomic E-state index is 12.8. The molecule has 0 unspecified atom stereocenters. The molecule has 0 aliphatic rings. The lowest BCUT2D eigenvalue weighted by Gasteiger charge is -2.10. The van der Waals surface area contributed by atoms with Gasteiger partial charge in [-0.15, -0.1) is 0 Å². The van der Waals surface area contributed by atoms with Crippen molar-refractivity contribution in [3.05, 3.63) is 65.5 Å². The van der Waals surface area contributed by atoms with Crippen molar-refractivity contribution in [2.75, 3.05) is 5.32 Å². The summed E-state index contributed by atoms with van der Waals surface area (Å²) >= 11 is 4.93. The molecule has 0 fully saturated rings. The summed E-state index contributed by atoms with van der Waals surface area (Å²) in [5, 5.41) is 2.75. The summed E-state index contributed by atoms with van der Waals surface area (Å²) in [4.78, 5) is 12.2. The highest BCUT2D eigenvalue weighted by atomic mass is 32.1. The quantitative estimate of drug-likeness (QED) is 0.850. The molecule has 0 bridgehead atoms. The molecule has 2 aromatic carbocycles. The normalized spacial score (nSPS) is 10.1.